The van der Waals surface area contributed by atoms with Gasteiger partial charge in [0.15, 0.2) is 10.9 Å². The van der Waals surface area contributed by atoms with Crippen molar-refractivity contribution in [3.8, 4) is 0 Å². The monoisotopic (exact) mass is 431 g/mol. The van der Waals surface area contributed by atoms with Crippen molar-refractivity contribution in [2.45, 2.75) is 0 Å². The Labute approximate surface area is 170 Å². The molecule has 0 aliphatic carbocycles. The Morgan fingerprint density at radius 1 is 1.15 bits per heavy atom. The summed E-state index contributed by atoms with van der Waals surface area (Å²) in [6, 6.07) is 8.52. The maximum Gasteiger partial charge on any atom is 0.260 e. The number of likely N-dealkylation sites (N-methyl/N-ethyl adjacent to an activating group) is 1. The number of thiazole rings is 1. The van der Waals surface area contributed by atoms with Gasteiger partial charge in [0.1, 0.15) is 11.3 Å². The van der Waals surface area contributed by atoms with Gasteiger partial charge < -0.3 is 4.90 Å². The number of carbonyl (C=O) groups excluding carboxylic acids is 1. The SMILES string of the molecule is CN(C)CCN(C(=O)c1ccc(Cl)cc1)c1nc2c(F)cc(F)cc2s1.Cl. The largest absolute Gasteiger partial charge is 0.308 e. The van der Waals surface area contributed by atoms with Crippen LogP contribution in [-0.2, 0) is 0 Å². The van der Waals surface area contributed by atoms with Crippen molar-refractivity contribution in [1.82, 2.24) is 9.88 Å². The molecule has 27 heavy (non-hydrogen) atoms. The number of nitrogens with zero attached hydrogens (tertiary/aromatic N) is 3. The van der Waals surface area contributed by atoms with Crippen molar-refractivity contribution < 1.29 is 13.6 Å². The fourth-order valence-electron chi connectivity index (χ4n) is 2.39. The predicted octanol–water partition coefficient (Wildman–Crippen LogP) is 4.86. The highest BCUT2D eigenvalue weighted by Gasteiger charge is 2.22. The number of carbonyl (C=O) groups is 1. The first-order chi connectivity index (χ1) is 12.3. The summed E-state index contributed by atoms with van der Waals surface area (Å²) in [5.41, 5.74) is 0.504. The molecule has 4 nitrogen and oxygen atoms in total. The predicted molar refractivity (Wildman–Crippen MR) is 108 cm³/mol. The van der Waals surface area contributed by atoms with E-state index in [2.05, 4.69) is 4.98 Å². The first-order valence-electron chi connectivity index (χ1n) is 7.83. The van der Waals surface area contributed by atoms with Crippen molar-refractivity contribution in [1.29, 1.82) is 0 Å². The van der Waals surface area contributed by atoms with Crippen LogP contribution in [0, 0.1) is 11.6 Å². The van der Waals surface area contributed by atoms with Gasteiger partial charge in [-0.15, -0.1) is 12.4 Å². The number of amides is 1. The van der Waals surface area contributed by atoms with Crippen LogP contribution >= 0.6 is 35.3 Å². The molecule has 0 spiro atoms. The Balaban J connectivity index is 0.00000261. The number of rotatable bonds is 5. The fraction of sp³-hybridized carbons (Fsp3) is 0.222. The van der Waals surface area contributed by atoms with Gasteiger partial charge in [-0.2, -0.15) is 0 Å². The molecule has 0 N–H and O–H groups in total. The molecule has 144 valence electrons. The number of fused-ring (bicyclic) bond motifs is 1. The summed E-state index contributed by atoms with van der Waals surface area (Å²) in [5.74, 6) is -1.69. The molecule has 3 rings (SSSR count). The van der Waals surface area contributed by atoms with Gasteiger partial charge in [0.05, 0.1) is 4.70 Å². The van der Waals surface area contributed by atoms with E-state index in [9.17, 15) is 13.6 Å². The molecule has 0 saturated carbocycles. The molecule has 9 heteroatoms. The summed E-state index contributed by atoms with van der Waals surface area (Å²) in [5, 5.41) is 0.852. The zero-order valence-corrected chi connectivity index (χ0v) is 17.0. The summed E-state index contributed by atoms with van der Waals surface area (Å²) in [6.45, 7) is 0.949. The normalized spacial score (nSPS) is 10.9. The summed E-state index contributed by atoms with van der Waals surface area (Å²) in [4.78, 5) is 20.6. The second-order valence-electron chi connectivity index (χ2n) is 6.00. The van der Waals surface area contributed by atoms with Crippen LogP contribution in [0.4, 0.5) is 13.9 Å². The molecule has 1 aromatic heterocycles. The van der Waals surface area contributed by atoms with Crippen LogP contribution in [0.3, 0.4) is 0 Å². The molecule has 2 aromatic carbocycles. The summed E-state index contributed by atoms with van der Waals surface area (Å²) in [7, 11) is 3.77. The smallest absolute Gasteiger partial charge is 0.260 e. The van der Waals surface area contributed by atoms with Crippen LogP contribution in [-0.4, -0.2) is 43.0 Å². The molecule has 0 saturated heterocycles. The second kappa shape index (κ2) is 8.93. The number of hydrogen-bond donors (Lipinski definition) is 0. The van der Waals surface area contributed by atoms with E-state index in [1.54, 1.807) is 24.3 Å². The van der Waals surface area contributed by atoms with Gasteiger partial charge in [0, 0.05) is 29.7 Å². The van der Waals surface area contributed by atoms with E-state index in [0.717, 1.165) is 17.4 Å². The van der Waals surface area contributed by atoms with E-state index in [1.165, 1.54) is 11.0 Å². The van der Waals surface area contributed by atoms with E-state index >= 15 is 0 Å². The third-order valence-corrected chi connectivity index (χ3v) is 5.02. The van der Waals surface area contributed by atoms with Gasteiger partial charge >= 0.3 is 0 Å². The van der Waals surface area contributed by atoms with Crippen molar-refractivity contribution in [2.75, 3.05) is 32.1 Å². The van der Waals surface area contributed by atoms with Gasteiger partial charge in [-0.1, -0.05) is 22.9 Å². The van der Waals surface area contributed by atoms with Gasteiger partial charge in [-0.3, -0.25) is 9.69 Å². The average Bonchev–Trinajstić information content (AvgIpc) is 2.99. The Bertz CT molecular complexity index is 948. The highest BCUT2D eigenvalue weighted by molar-refractivity contribution is 7.22. The lowest BCUT2D eigenvalue weighted by molar-refractivity contribution is 0.0985. The molecule has 3 aromatic rings. The lowest BCUT2D eigenvalue weighted by Crippen LogP contribution is -2.36. The van der Waals surface area contributed by atoms with E-state index < -0.39 is 11.6 Å². The summed E-state index contributed by atoms with van der Waals surface area (Å²) in [6.07, 6.45) is 0. The van der Waals surface area contributed by atoms with Crippen molar-refractivity contribution in [2.24, 2.45) is 0 Å². The van der Waals surface area contributed by atoms with Crippen molar-refractivity contribution >= 4 is 56.6 Å². The number of benzene rings is 2. The first-order valence-corrected chi connectivity index (χ1v) is 9.02. The van der Waals surface area contributed by atoms with Crippen LogP contribution in [0.1, 0.15) is 10.4 Å². The lowest BCUT2D eigenvalue weighted by atomic mass is 10.2. The van der Waals surface area contributed by atoms with Gasteiger partial charge in [0.2, 0.25) is 0 Å². The van der Waals surface area contributed by atoms with E-state index in [1.807, 2.05) is 19.0 Å². The van der Waals surface area contributed by atoms with E-state index in [-0.39, 0.29) is 23.8 Å². The number of aromatic nitrogens is 1. The third kappa shape index (κ3) is 4.93. The van der Waals surface area contributed by atoms with Gasteiger partial charge in [-0.25, -0.2) is 13.8 Å². The molecular weight excluding hydrogens is 415 g/mol. The molecule has 0 unspecified atom stereocenters. The van der Waals surface area contributed by atoms with Crippen molar-refractivity contribution in [3.63, 3.8) is 0 Å². The minimum absolute atomic E-state index is 0. The minimum Gasteiger partial charge on any atom is -0.308 e. The maximum absolute atomic E-state index is 14.0. The average molecular weight is 432 g/mol. The van der Waals surface area contributed by atoms with E-state index in [4.69, 9.17) is 11.6 Å². The minimum atomic E-state index is -0.742. The zero-order chi connectivity index (χ0) is 18.8. The maximum atomic E-state index is 14.0. The van der Waals surface area contributed by atoms with Gasteiger partial charge in [0.25, 0.3) is 5.91 Å². The third-order valence-electron chi connectivity index (χ3n) is 3.74. The molecular formula is C18H17Cl2F2N3OS. The van der Waals surface area contributed by atoms with Crippen LogP contribution in [0.15, 0.2) is 36.4 Å². The molecule has 0 fully saturated rings. The van der Waals surface area contributed by atoms with E-state index in [0.29, 0.717) is 33.5 Å². The fourth-order valence-corrected chi connectivity index (χ4v) is 3.55. The number of halogens is 4. The molecule has 0 bridgehead atoms. The number of anilines is 1. The molecule has 0 aliphatic heterocycles. The quantitative estimate of drug-likeness (QED) is 0.578. The number of hydrogen-bond acceptors (Lipinski definition) is 4. The molecule has 0 atom stereocenters. The Morgan fingerprint density at radius 2 is 1.81 bits per heavy atom. The van der Waals surface area contributed by atoms with Crippen LogP contribution in [0.5, 0.6) is 0 Å². The lowest BCUT2D eigenvalue weighted by Gasteiger charge is -2.22. The topological polar surface area (TPSA) is 36.4 Å². The second-order valence-corrected chi connectivity index (χ2v) is 7.44. The highest BCUT2D eigenvalue weighted by atomic mass is 35.5. The standard InChI is InChI=1S/C18H16ClF2N3OS.ClH/c1-23(2)7-8-24(17(25)11-3-5-12(19)6-4-11)18-22-16-14(21)9-13(20)10-15(16)26-18;/h3-6,9-10H,7-8H2,1-2H3;1H. The molecule has 1 amide bonds. The Morgan fingerprint density at radius 3 is 2.44 bits per heavy atom. The molecule has 0 aliphatic rings. The van der Waals surface area contributed by atoms with Crippen LogP contribution in [0.2, 0.25) is 5.02 Å². The summed E-state index contributed by atoms with van der Waals surface area (Å²) < 4.78 is 27.8. The van der Waals surface area contributed by atoms with Crippen LogP contribution < -0.4 is 4.90 Å². The molecule has 1 heterocycles. The summed E-state index contributed by atoms with van der Waals surface area (Å²) >= 11 is 6.96. The molecule has 0 radical (unpaired) electrons. The van der Waals surface area contributed by atoms with Crippen molar-refractivity contribution in [3.05, 3.63) is 58.6 Å². The van der Waals surface area contributed by atoms with Crippen LogP contribution in [0.25, 0.3) is 10.2 Å². The Hall–Kier alpha value is -1.80. The zero-order valence-electron chi connectivity index (χ0n) is 14.6. The Kier molecular flexibility index (Phi) is 7.11. The highest BCUT2D eigenvalue weighted by Crippen LogP contribution is 2.32. The van der Waals surface area contributed by atoms with Gasteiger partial charge in [-0.05, 0) is 44.4 Å². The first kappa shape index (κ1) is 21.5.